The number of anilines is 2. The minimum absolute atomic E-state index is 0.333. The van der Waals surface area contributed by atoms with Crippen LogP contribution in [-0.2, 0) is 6.42 Å². The molecule has 0 radical (unpaired) electrons. The summed E-state index contributed by atoms with van der Waals surface area (Å²) in [6.07, 6.45) is 3.41. The van der Waals surface area contributed by atoms with E-state index in [0.717, 1.165) is 54.6 Å². The van der Waals surface area contributed by atoms with Crippen LogP contribution in [0.5, 0.6) is 11.5 Å². The first kappa shape index (κ1) is 15.5. The monoisotopic (exact) mass is 344 g/mol. The van der Waals surface area contributed by atoms with Crippen LogP contribution in [0, 0.1) is 5.92 Å². The summed E-state index contributed by atoms with van der Waals surface area (Å²) in [6.45, 7) is 2.39. The zero-order chi connectivity index (χ0) is 16.5. The number of ether oxygens (including phenoxy) is 2. The minimum atomic E-state index is 0.333. The Morgan fingerprint density at radius 3 is 2.62 bits per heavy atom. The molecule has 2 aromatic carbocycles. The molecule has 2 aliphatic heterocycles. The number of benzene rings is 2. The Labute approximate surface area is 147 Å². The lowest BCUT2D eigenvalue weighted by Crippen LogP contribution is -2.34. The van der Waals surface area contributed by atoms with E-state index in [2.05, 4.69) is 17.0 Å². The van der Waals surface area contributed by atoms with Crippen molar-refractivity contribution >= 4 is 23.0 Å². The molecule has 0 aliphatic carbocycles. The van der Waals surface area contributed by atoms with Gasteiger partial charge >= 0.3 is 0 Å². The van der Waals surface area contributed by atoms with E-state index in [0.29, 0.717) is 18.4 Å². The molecule has 0 atom stereocenters. The van der Waals surface area contributed by atoms with Crippen LogP contribution in [0.2, 0.25) is 5.02 Å². The third-order valence-corrected chi connectivity index (χ3v) is 5.19. The standard InChI is InChI=1S/C19H21ClN2O2/c20-16-11-15(21)2-3-17(16)22-7-5-13(6-8-22)9-14-1-4-18-19(10-14)24-12-23-18/h1-4,10-11,13H,5-9,12,21H2. The van der Waals surface area contributed by atoms with Crippen molar-refractivity contribution in [3.63, 3.8) is 0 Å². The zero-order valence-corrected chi connectivity index (χ0v) is 14.3. The smallest absolute Gasteiger partial charge is 0.231 e. The summed E-state index contributed by atoms with van der Waals surface area (Å²) < 4.78 is 10.8. The highest BCUT2D eigenvalue weighted by Gasteiger charge is 2.22. The first-order valence-electron chi connectivity index (χ1n) is 8.37. The van der Waals surface area contributed by atoms with Gasteiger partial charge in [0, 0.05) is 18.8 Å². The fourth-order valence-corrected chi connectivity index (χ4v) is 3.87. The van der Waals surface area contributed by atoms with E-state index in [1.165, 1.54) is 5.56 Å². The van der Waals surface area contributed by atoms with Gasteiger partial charge in [-0.3, -0.25) is 0 Å². The molecule has 24 heavy (non-hydrogen) atoms. The molecule has 0 aromatic heterocycles. The number of nitrogen functional groups attached to an aromatic ring is 1. The van der Waals surface area contributed by atoms with E-state index in [1.807, 2.05) is 24.3 Å². The Kier molecular flexibility index (Phi) is 4.15. The van der Waals surface area contributed by atoms with Gasteiger partial charge in [0.15, 0.2) is 11.5 Å². The van der Waals surface area contributed by atoms with Gasteiger partial charge in [0.25, 0.3) is 0 Å². The molecule has 0 unspecified atom stereocenters. The van der Waals surface area contributed by atoms with Crippen LogP contribution in [0.4, 0.5) is 11.4 Å². The van der Waals surface area contributed by atoms with Crippen molar-refractivity contribution in [3.8, 4) is 11.5 Å². The Morgan fingerprint density at radius 2 is 1.83 bits per heavy atom. The molecule has 1 fully saturated rings. The van der Waals surface area contributed by atoms with Crippen molar-refractivity contribution in [3.05, 3.63) is 47.0 Å². The second-order valence-corrected chi connectivity index (χ2v) is 6.94. The number of nitrogens with zero attached hydrogens (tertiary/aromatic N) is 1. The molecule has 0 bridgehead atoms. The van der Waals surface area contributed by atoms with Crippen LogP contribution in [0.3, 0.4) is 0 Å². The summed E-state index contributed by atoms with van der Waals surface area (Å²) in [5.74, 6) is 2.42. The molecule has 4 rings (SSSR count). The van der Waals surface area contributed by atoms with Gasteiger partial charge in [-0.05, 0) is 61.1 Å². The van der Waals surface area contributed by atoms with Crippen LogP contribution < -0.4 is 20.1 Å². The van der Waals surface area contributed by atoms with Crippen molar-refractivity contribution < 1.29 is 9.47 Å². The predicted molar refractivity (Wildman–Crippen MR) is 97.1 cm³/mol. The molecule has 0 saturated carbocycles. The molecule has 2 heterocycles. The molecule has 2 N–H and O–H groups in total. The van der Waals surface area contributed by atoms with E-state index in [4.69, 9.17) is 26.8 Å². The van der Waals surface area contributed by atoms with Crippen molar-refractivity contribution in [1.29, 1.82) is 0 Å². The minimum Gasteiger partial charge on any atom is -0.454 e. The second-order valence-electron chi connectivity index (χ2n) is 6.53. The fourth-order valence-electron chi connectivity index (χ4n) is 3.56. The third-order valence-electron chi connectivity index (χ3n) is 4.89. The number of hydrogen-bond donors (Lipinski definition) is 1. The number of nitrogens with two attached hydrogens (primary N) is 1. The molecule has 4 nitrogen and oxygen atoms in total. The average Bonchev–Trinajstić information content (AvgIpc) is 3.04. The number of hydrogen-bond acceptors (Lipinski definition) is 4. The predicted octanol–water partition coefficient (Wildman–Crippen LogP) is 4.11. The number of halogens is 1. The van der Waals surface area contributed by atoms with Gasteiger partial charge < -0.3 is 20.1 Å². The Morgan fingerprint density at radius 1 is 1.04 bits per heavy atom. The van der Waals surface area contributed by atoms with Crippen molar-refractivity contribution in [2.24, 2.45) is 5.92 Å². The van der Waals surface area contributed by atoms with Gasteiger partial charge in [-0.1, -0.05) is 17.7 Å². The SMILES string of the molecule is Nc1ccc(N2CCC(Cc3ccc4c(c3)OCO4)CC2)c(Cl)c1. The summed E-state index contributed by atoms with van der Waals surface area (Å²) in [7, 11) is 0. The van der Waals surface area contributed by atoms with Crippen molar-refractivity contribution in [2.75, 3.05) is 30.5 Å². The van der Waals surface area contributed by atoms with Gasteiger partial charge in [0.1, 0.15) is 0 Å². The quantitative estimate of drug-likeness (QED) is 0.851. The van der Waals surface area contributed by atoms with Gasteiger partial charge in [-0.15, -0.1) is 0 Å². The summed E-state index contributed by atoms with van der Waals surface area (Å²) in [6, 6.07) is 12.1. The van der Waals surface area contributed by atoms with Crippen LogP contribution in [0.25, 0.3) is 0 Å². The number of fused-ring (bicyclic) bond motifs is 1. The normalized spacial score (nSPS) is 17.3. The first-order valence-corrected chi connectivity index (χ1v) is 8.75. The molecule has 0 amide bonds. The summed E-state index contributed by atoms with van der Waals surface area (Å²) in [4.78, 5) is 2.36. The Bertz CT molecular complexity index is 742. The van der Waals surface area contributed by atoms with E-state index < -0.39 is 0 Å². The van der Waals surface area contributed by atoms with E-state index in [-0.39, 0.29) is 0 Å². The molecule has 0 spiro atoms. The second kappa shape index (κ2) is 6.44. The lowest BCUT2D eigenvalue weighted by Gasteiger charge is -2.34. The lowest BCUT2D eigenvalue weighted by molar-refractivity contribution is 0.174. The number of rotatable bonds is 3. The van der Waals surface area contributed by atoms with E-state index in [1.54, 1.807) is 0 Å². The largest absolute Gasteiger partial charge is 0.454 e. The van der Waals surface area contributed by atoms with Crippen LogP contribution in [0.15, 0.2) is 36.4 Å². The van der Waals surface area contributed by atoms with E-state index >= 15 is 0 Å². The summed E-state index contributed by atoms with van der Waals surface area (Å²) in [5.41, 5.74) is 8.90. The number of piperidine rings is 1. The van der Waals surface area contributed by atoms with Gasteiger partial charge in [0.2, 0.25) is 6.79 Å². The molecule has 5 heteroatoms. The van der Waals surface area contributed by atoms with Crippen molar-refractivity contribution in [2.45, 2.75) is 19.3 Å². The molecule has 2 aromatic rings. The first-order chi connectivity index (χ1) is 11.7. The summed E-state index contributed by atoms with van der Waals surface area (Å²) >= 11 is 6.34. The van der Waals surface area contributed by atoms with Crippen molar-refractivity contribution in [1.82, 2.24) is 0 Å². The molecular weight excluding hydrogens is 324 g/mol. The molecule has 1 saturated heterocycles. The maximum atomic E-state index is 6.34. The average molecular weight is 345 g/mol. The highest BCUT2D eigenvalue weighted by molar-refractivity contribution is 6.33. The van der Waals surface area contributed by atoms with Gasteiger partial charge in [-0.2, -0.15) is 0 Å². The third kappa shape index (κ3) is 3.11. The Balaban J connectivity index is 1.37. The van der Waals surface area contributed by atoms with Gasteiger partial charge in [0.05, 0.1) is 10.7 Å². The Hall–Kier alpha value is -2.07. The van der Waals surface area contributed by atoms with E-state index in [9.17, 15) is 0 Å². The molecule has 126 valence electrons. The highest BCUT2D eigenvalue weighted by Crippen LogP contribution is 2.35. The van der Waals surface area contributed by atoms with Crippen LogP contribution in [-0.4, -0.2) is 19.9 Å². The fraction of sp³-hybridized carbons (Fsp3) is 0.368. The highest BCUT2D eigenvalue weighted by atomic mass is 35.5. The van der Waals surface area contributed by atoms with Crippen LogP contribution in [0.1, 0.15) is 18.4 Å². The lowest BCUT2D eigenvalue weighted by atomic mass is 9.90. The summed E-state index contributed by atoms with van der Waals surface area (Å²) in [5, 5.41) is 0.740. The maximum absolute atomic E-state index is 6.34. The maximum Gasteiger partial charge on any atom is 0.231 e. The van der Waals surface area contributed by atoms with Gasteiger partial charge in [-0.25, -0.2) is 0 Å². The topological polar surface area (TPSA) is 47.7 Å². The zero-order valence-electron chi connectivity index (χ0n) is 13.5. The van der Waals surface area contributed by atoms with Crippen LogP contribution >= 0.6 is 11.6 Å². The molecular formula is C19H21ClN2O2. The molecule has 2 aliphatic rings.